The second-order valence-electron chi connectivity index (χ2n) is 6.32. The number of fused-ring (bicyclic) bond motifs is 1. The average Bonchev–Trinajstić information content (AvgIpc) is 3.04. The van der Waals surface area contributed by atoms with Crippen molar-refractivity contribution in [2.24, 2.45) is 0 Å². The van der Waals surface area contributed by atoms with Crippen molar-refractivity contribution in [1.82, 2.24) is 4.57 Å². The molecule has 1 heterocycles. The SMILES string of the molecule is CC[C@@H](C)n1cc(/C=C(/C#N)c2ccc(C(=O)O)cc2)c2ccccc21. The van der Waals surface area contributed by atoms with Crippen LogP contribution in [0.3, 0.4) is 0 Å². The van der Waals surface area contributed by atoms with Crippen LogP contribution in [0.2, 0.25) is 0 Å². The first-order valence-electron chi connectivity index (χ1n) is 8.60. The van der Waals surface area contributed by atoms with Crippen molar-refractivity contribution in [3.63, 3.8) is 0 Å². The van der Waals surface area contributed by atoms with Gasteiger partial charge in [-0.1, -0.05) is 37.3 Å². The lowest BCUT2D eigenvalue weighted by Crippen LogP contribution is -2.01. The first-order valence-corrected chi connectivity index (χ1v) is 8.60. The third-order valence-corrected chi connectivity index (χ3v) is 4.70. The fourth-order valence-electron chi connectivity index (χ4n) is 3.04. The molecule has 0 aliphatic carbocycles. The lowest BCUT2D eigenvalue weighted by atomic mass is 10.0. The fraction of sp³-hybridized carbons (Fsp3) is 0.182. The molecule has 0 unspecified atom stereocenters. The van der Waals surface area contributed by atoms with E-state index in [1.54, 1.807) is 12.1 Å². The highest BCUT2D eigenvalue weighted by molar-refractivity contribution is 5.98. The number of carboxylic acids is 1. The summed E-state index contributed by atoms with van der Waals surface area (Å²) in [7, 11) is 0. The Morgan fingerprint density at radius 3 is 2.46 bits per heavy atom. The number of benzene rings is 2. The molecule has 0 radical (unpaired) electrons. The van der Waals surface area contributed by atoms with Gasteiger partial charge in [-0.3, -0.25) is 0 Å². The quantitative estimate of drug-likeness (QED) is 0.632. The molecule has 3 rings (SSSR count). The molecule has 2 aromatic carbocycles. The van der Waals surface area contributed by atoms with Gasteiger partial charge in [0.1, 0.15) is 0 Å². The van der Waals surface area contributed by atoms with Gasteiger partial charge in [-0.2, -0.15) is 5.26 Å². The molecule has 0 fully saturated rings. The third-order valence-electron chi connectivity index (χ3n) is 4.70. The summed E-state index contributed by atoms with van der Waals surface area (Å²) in [6.07, 6.45) is 4.97. The Bertz CT molecular complexity index is 1020. The minimum Gasteiger partial charge on any atom is -0.478 e. The van der Waals surface area contributed by atoms with Crippen LogP contribution in [0.25, 0.3) is 22.6 Å². The van der Waals surface area contributed by atoms with Gasteiger partial charge in [0.2, 0.25) is 0 Å². The van der Waals surface area contributed by atoms with E-state index in [0.29, 0.717) is 17.2 Å². The van der Waals surface area contributed by atoms with E-state index >= 15 is 0 Å². The molecule has 0 spiro atoms. The molecule has 26 heavy (non-hydrogen) atoms. The Balaban J connectivity index is 2.10. The van der Waals surface area contributed by atoms with Gasteiger partial charge >= 0.3 is 5.97 Å². The number of carbonyl (C=O) groups is 1. The van der Waals surface area contributed by atoms with Crippen LogP contribution in [0.4, 0.5) is 0 Å². The zero-order valence-electron chi connectivity index (χ0n) is 14.8. The molecule has 130 valence electrons. The summed E-state index contributed by atoms with van der Waals surface area (Å²) in [5, 5.41) is 19.7. The van der Waals surface area contributed by atoms with Gasteiger partial charge in [-0.05, 0) is 43.2 Å². The lowest BCUT2D eigenvalue weighted by Gasteiger charge is -2.12. The van der Waals surface area contributed by atoms with E-state index < -0.39 is 5.97 Å². The van der Waals surface area contributed by atoms with Gasteiger partial charge in [0.15, 0.2) is 0 Å². The Kier molecular flexibility index (Phi) is 4.90. The van der Waals surface area contributed by atoms with E-state index in [1.165, 1.54) is 12.1 Å². The molecule has 1 N–H and O–H groups in total. The predicted octanol–water partition coefficient (Wildman–Crippen LogP) is 5.37. The topological polar surface area (TPSA) is 66.0 Å². The molecule has 0 saturated heterocycles. The number of para-hydroxylation sites is 1. The summed E-state index contributed by atoms with van der Waals surface area (Å²) < 4.78 is 2.24. The van der Waals surface area contributed by atoms with E-state index in [-0.39, 0.29) is 5.56 Å². The normalized spacial score (nSPS) is 12.7. The van der Waals surface area contributed by atoms with Crippen molar-refractivity contribution < 1.29 is 9.90 Å². The van der Waals surface area contributed by atoms with E-state index in [4.69, 9.17) is 5.11 Å². The van der Waals surface area contributed by atoms with Gasteiger partial charge in [0.25, 0.3) is 0 Å². The molecule has 0 aliphatic rings. The molecule has 3 aromatic rings. The summed E-state index contributed by atoms with van der Waals surface area (Å²) in [6, 6.07) is 17.1. The zero-order valence-corrected chi connectivity index (χ0v) is 14.8. The second kappa shape index (κ2) is 7.28. The smallest absolute Gasteiger partial charge is 0.335 e. The van der Waals surface area contributed by atoms with Crippen molar-refractivity contribution in [3.05, 3.63) is 71.4 Å². The summed E-state index contributed by atoms with van der Waals surface area (Å²) >= 11 is 0. The van der Waals surface area contributed by atoms with E-state index in [0.717, 1.165) is 22.9 Å². The summed E-state index contributed by atoms with van der Waals surface area (Å²) in [4.78, 5) is 11.0. The van der Waals surface area contributed by atoms with Crippen LogP contribution in [0.1, 0.15) is 47.8 Å². The minimum atomic E-state index is -0.976. The minimum absolute atomic E-state index is 0.208. The van der Waals surface area contributed by atoms with Crippen LogP contribution in [0.15, 0.2) is 54.7 Å². The standard InChI is InChI=1S/C22H20N2O2/c1-3-15(2)24-14-19(20-6-4-5-7-21(20)24)12-18(13-23)16-8-10-17(11-9-16)22(25)26/h4-12,14-15H,3H2,1-2H3,(H,25,26)/b18-12-/t15-/m1/s1. The molecule has 4 heteroatoms. The number of aromatic carboxylic acids is 1. The monoisotopic (exact) mass is 344 g/mol. The number of rotatable bonds is 5. The Morgan fingerprint density at radius 1 is 1.19 bits per heavy atom. The first-order chi connectivity index (χ1) is 12.5. The van der Waals surface area contributed by atoms with E-state index in [2.05, 4.69) is 42.8 Å². The number of hydrogen-bond acceptors (Lipinski definition) is 2. The Hall–Kier alpha value is -3.32. The molecule has 0 aliphatic heterocycles. The van der Waals surface area contributed by atoms with Crippen molar-refractivity contribution in [1.29, 1.82) is 5.26 Å². The fourth-order valence-corrected chi connectivity index (χ4v) is 3.04. The van der Waals surface area contributed by atoms with Crippen LogP contribution >= 0.6 is 0 Å². The number of aromatic nitrogens is 1. The maximum Gasteiger partial charge on any atom is 0.335 e. The summed E-state index contributed by atoms with van der Waals surface area (Å²) in [5.74, 6) is -0.976. The van der Waals surface area contributed by atoms with Crippen LogP contribution in [-0.2, 0) is 0 Å². The largest absolute Gasteiger partial charge is 0.478 e. The number of nitriles is 1. The van der Waals surface area contributed by atoms with Gasteiger partial charge in [0, 0.05) is 28.7 Å². The summed E-state index contributed by atoms with van der Waals surface area (Å²) in [6.45, 7) is 4.33. The average molecular weight is 344 g/mol. The van der Waals surface area contributed by atoms with Gasteiger partial charge in [-0.15, -0.1) is 0 Å². The Labute approximate surface area is 152 Å². The lowest BCUT2D eigenvalue weighted by molar-refractivity contribution is 0.0697. The van der Waals surface area contributed by atoms with Gasteiger partial charge < -0.3 is 9.67 Å². The van der Waals surface area contributed by atoms with Crippen molar-refractivity contribution in [3.8, 4) is 6.07 Å². The van der Waals surface area contributed by atoms with E-state index in [9.17, 15) is 10.1 Å². The van der Waals surface area contributed by atoms with Crippen LogP contribution in [-0.4, -0.2) is 15.6 Å². The van der Waals surface area contributed by atoms with Gasteiger partial charge in [-0.25, -0.2) is 4.79 Å². The zero-order chi connectivity index (χ0) is 18.7. The molecule has 1 aromatic heterocycles. The highest BCUT2D eigenvalue weighted by Crippen LogP contribution is 2.29. The van der Waals surface area contributed by atoms with Crippen molar-refractivity contribution >= 4 is 28.5 Å². The van der Waals surface area contributed by atoms with Crippen molar-refractivity contribution in [2.45, 2.75) is 26.3 Å². The first kappa shape index (κ1) is 17.5. The number of allylic oxidation sites excluding steroid dienone is 1. The third kappa shape index (κ3) is 3.25. The van der Waals surface area contributed by atoms with E-state index in [1.807, 2.05) is 18.2 Å². The molecule has 0 bridgehead atoms. The summed E-state index contributed by atoms with van der Waals surface area (Å²) in [5.41, 5.74) is 3.55. The Morgan fingerprint density at radius 2 is 1.85 bits per heavy atom. The van der Waals surface area contributed by atoms with Gasteiger partial charge in [0.05, 0.1) is 17.2 Å². The highest BCUT2D eigenvalue weighted by Gasteiger charge is 2.12. The molecular weight excluding hydrogens is 324 g/mol. The predicted molar refractivity (Wildman–Crippen MR) is 104 cm³/mol. The van der Waals surface area contributed by atoms with Crippen LogP contribution in [0, 0.1) is 11.3 Å². The highest BCUT2D eigenvalue weighted by atomic mass is 16.4. The van der Waals surface area contributed by atoms with Crippen LogP contribution < -0.4 is 0 Å². The molecule has 0 amide bonds. The number of hydrogen-bond donors (Lipinski definition) is 1. The maximum absolute atomic E-state index is 11.0. The molecule has 4 nitrogen and oxygen atoms in total. The number of nitrogens with zero attached hydrogens (tertiary/aromatic N) is 2. The second-order valence-corrected chi connectivity index (χ2v) is 6.32. The molecule has 1 atom stereocenters. The van der Waals surface area contributed by atoms with Crippen molar-refractivity contribution in [2.75, 3.05) is 0 Å². The number of carboxylic acid groups (broad SMARTS) is 1. The molecule has 0 saturated carbocycles. The molecular formula is C22H20N2O2. The van der Waals surface area contributed by atoms with Crippen LogP contribution in [0.5, 0.6) is 0 Å². The maximum atomic E-state index is 11.0.